The second-order valence-electron chi connectivity index (χ2n) is 8.15. The summed E-state index contributed by atoms with van der Waals surface area (Å²) in [5.74, 6) is -0.916. The number of aromatic nitrogens is 3. The van der Waals surface area contributed by atoms with E-state index in [0.717, 1.165) is 37.0 Å². The Balaban J connectivity index is 2.03. The van der Waals surface area contributed by atoms with Gasteiger partial charge in [0.1, 0.15) is 6.33 Å². The van der Waals surface area contributed by atoms with E-state index in [1.54, 1.807) is 13.0 Å². The maximum Gasteiger partial charge on any atom is 0.416 e. The first-order chi connectivity index (χ1) is 15.6. The molecule has 0 spiro atoms. The van der Waals surface area contributed by atoms with Gasteiger partial charge in [-0.1, -0.05) is 43.7 Å². The van der Waals surface area contributed by atoms with Crippen molar-refractivity contribution < 1.29 is 23.1 Å². The van der Waals surface area contributed by atoms with Crippen molar-refractivity contribution in [3.05, 3.63) is 76.7 Å². The van der Waals surface area contributed by atoms with Crippen LogP contribution in [0.4, 0.5) is 13.2 Å². The quantitative estimate of drug-likeness (QED) is 0.414. The predicted octanol–water partition coefficient (Wildman–Crippen LogP) is 6.45. The molecule has 0 bridgehead atoms. The summed E-state index contributed by atoms with van der Waals surface area (Å²) in [4.78, 5) is 16.2. The van der Waals surface area contributed by atoms with Crippen LogP contribution in [0.3, 0.4) is 0 Å². The maximum absolute atomic E-state index is 13.2. The van der Waals surface area contributed by atoms with Gasteiger partial charge in [0, 0.05) is 11.8 Å². The van der Waals surface area contributed by atoms with Gasteiger partial charge in [-0.2, -0.15) is 13.2 Å². The molecule has 0 fully saturated rings. The van der Waals surface area contributed by atoms with E-state index in [9.17, 15) is 23.1 Å². The number of carboxylic acid groups (broad SMARTS) is 1. The molecule has 2 aromatic rings. The van der Waals surface area contributed by atoms with Crippen LogP contribution in [0.15, 0.2) is 65.5 Å². The Morgan fingerprint density at radius 1 is 1.27 bits per heavy atom. The number of halogens is 3. The molecule has 0 radical (unpaired) electrons. The van der Waals surface area contributed by atoms with E-state index in [4.69, 9.17) is 0 Å². The zero-order valence-electron chi connectivity index (χ0n) is 18.7. The topological polar surface area (TPSA) is 68.0 Å². The van der Waals surface area contributed by atoms with Gasteiger partial charge < -0.3 is 5.11 Å². The average molecular weight is 457 g/mol. The second-order valence-corrected chi connectivity index (χ2v) is 8.15. The van der Waals surface area contributed by atoms with E-state index < -0.39 is 17.7 Å². The number of hydrogen-bond donors (Lipinski definition) is 1. The smallest absolute Gasteiger partial charge is 0.416 e. The number of benzene rings is 1. The molecule has 1 atom stereocenters. The molecule has 1 aromatic carbocycles. The number of hydrogen-bond acceptors (Lipinski definition) is 3. The van der Waals surface area contributed by atoms with Gasteiger partial charge in [0.2, 0.25) is 0 Å². The standard InChI is InChI=1S/C25H26F3N3O2/c1-4-18-8-6-5-7-16(2)9-19(12-18)22(24(32)33)14-31-15-29-23(30-31)20-10-17(3)11-21(13-20)25(26,27)28/h5-6,9-16H,4,7-8H2,1-3H3,(H,32,33). The van der Waals surface area contributed by atoms with E-state index >= 15 is 0 Å². The molecule has 1 aromatic heterocycles. The minimum absolute atomic E-state index is 0.0337. The molecule has 0 aliphatic heterocycles. The normalized spacial score (nSPS) is 17.6. The van der Waals surface area contributed by atoms with Gasteiger partial charge in [0.25, 0.3) is 0 Å². The molecule has 1 aliphatic rings. The molecule has 3 rings (SSSR count). The Labute approximate surface area is 190 Å². The van der Waals surface area contributed by atoms with Gasteiger partial charge in [-0.15, -0.1) is 5.10 Å². The van der Waals surface area contributed by atoms with Crippen LogP contribution in [-0.4, -0.2) is 25.8 Å². The Hall–Kier alpha value is -3.42. The third kappa shape index (κ3) is 6.31. The highest BCUT2D eigenvalue weighted by Gasteiger charge is 2.31. The molecular weight excluding hydrogens is 431 g/mol. The van der Waals surface area contributed by atoms with Gasteiger partial charge in [-0.05, 0) is 61.4 Å². The summed E-state index contributed by atoms with van der Waals surface area (Å²) in [5, 5.41) is 14.1. The lowest BCUT2D eigenvalue weighted by atomic mass is 9.97. The minimum Gasteiger partial charge on any atom is -0.478 e. The van der Waals surface area contributed by atoms with Gasteiger partial charge in [0.05, 0.1) is 11.1 Å². The number of aryl methyl sites for hydroxylation is 1. The summed E-state index contributed by atoms with van der Waals surface area (Å²) in [6, 6.07) is 3.60. The van der Waals surface area contributed by atoms with Crippen LogP contribution in [0, 0.1) is 12.8 Å². The number of carbonyl (C=O) groups is 1. The summed E-state index contributed by atoms with van der Waals surface area (Å²) in [6.07, 6.45) is 8.46. The predicted molar refractivity (Wildman–Crippen MR) is 121 cm³/mol. The van der Waals surface area contributed by atoms with Crippen LogP contribution in [0.1, 0.15) is 44.2 Å². The molecule has 0 saturated heterocycles. The van der Waals surface area contributed by atoms with Crippen LogP contribution in [0.2, 0.25) is 0 Å². The van der Waals surface area contributed by atoms with Gasteiger partial charge in [0.15, 0.2) is 5.82 Å². The number of aliphatic carboxylic acids is 1. The minimum atomic E-state index is -4.49. The highest BCUT2D eigenvalue weighted by molar-refractivity contribution is 5.96. The summed E-state index contributed by atoms with van der Waals surface area (Å²) in [7, 11) is 0. The van der Waals surface area contributed by atoms with Crippen molar-refractivity contribution in [2.75, 3.05) is 0 Å². The van der Waals surface area contributed by atoms with Crippen LogP contribution in [-0.2, 0) is 11.0 Å². The maximum atomic E-state index is 13.2. The van der Waals surface area contributed by atoms with Crippen molar-refractivity contribution in [2.45, 2.75) is 46.2 Å². The van der Waals surface area contributed by atoms with Gasteiger partial charge in [-0.3, -0.25) is 0 Å². The molecule has 33 heavy (non-hydrogen) atoms. The van der Waals surface area contributed by atoms with E-state index in [1.807, 2.05) is 26.0 Å². The largest absolute Gasteiger partial charge is 0.478 e. The van der Waals surface area contributed by atoms with E-state index in [0.29, 0.717) is 11.1 Å². The molecule has 174 valence electrons. The van der Waals surface area contributed by atoms with Crippen molar-refractivity contribution in [3.63, 3.8) is 0 Å². The molecule has 8 heteroatoms. The average Bonchev–Trinajstić information content (AvgIpc) is 3.23. The van der Waals surface area contributed by atoms with E-state index in [1.165, 1.54) is 17.2 Å². The van der Waals surface area contributed by atoms with Crippen molar-refractivity contribution in [2.24, 2.45) is 5.92 Å². The second kappa shape index (κ2) is 10.0. The first-order valence-corrected chi connectivity index (χ1v) is 10.7. The molecule has 0 amide bonds. The molecule has 1 N–H and O–H groups in total. The SMILES string of the molecule is CCC1=CC(C(=Cn2cnc(-c3cc(C)cc(C(F)(F)F)c3)n2)C(=O)O)=CC(C)CC=CC1. The first kappa shape index (κ1) is 24.2. The number of allylic oxidation sites excluding steroid dienone is 5. The third-order valence-corrected chi connectivity index (χ3v) is 5.31. The summed E-state index contributed by atoms with van der Waals surface area (Å²) in [6.45, 7) is 5.59. The zero-order valence-corrected chi connectivity index (χ0v) is 18.7. The van der Waals surface area contributed by atoms with E-state index in [2.05, 4.69) is 22.2 Å². The molecular formula is C25H26F3N3O2. The number of alkyl halides is 3. The molecule has 5 nitrogen and oxygen atoms in total. The first-order valence-electron chi connectivity index (χ1n) is 10.7. The number of rotatable bonds is 5. The lowest BCUT2D eigenvalue weighted by molar-refractivity contribution is -0.137. The highest BCUT2D eigenvalue weighted by Crippen LogP contribution is 2.32. The Bertz CT molecular complexity index is 1150. The zero-order chi connectivity index (χ0) is 24.2. The lowest BCUT2D eigenvalue weighted by Gasteiger charge is -2.10. The monoisotopic (exact) mass is 457 g/mol. The third-order valence-electron chi connectivity index (χ3n) is 5.31. The van der Waals surface area contributed by atoms with Crippen LogP contribution < -0.4 is 0 Å². The molecule has 1 heterocycles. The Morgan fingerprint density at radius 3 is 2.70 bits per heavy atom. The fraction of sp³-hybridized carbons (Fsp3) is 0.320. The fourth-order valence-corrected chi connectivity index (χ4v) is 3.59. The fourth-order valence-electron chi connectivity index (χ4n) is 3.59. The van der Waals surface area contributed by atoms with Crippen LogP contribution in [0.25, 0.3) is 17.6 Å². The lowest BCUT2D eigenvalue weighted by Crippen LogP contribution is -2.07. The Morgan fingerprint density at radius 2 is 2.03 bits per heavy atom. The molecule has 1 unspecified atom stereocenters. The van der Waals surface area contributed by atoms with Gasteiger partial charge in [-0.25, -0.2) is 14.5 Å². The molecule has 1 aliphatic carbocycles. The van der Waals surface area contributed by atoms with Crippen LogP contribution in [0.5, 0.6) is 0 Å². The van der Waals surface area contributed by atoms with Crippen LogP contribution >= 0.6 is 0 Å². The van der Waals surface area contributed by atoms with Crippen molar-refractivity contribution >= 4 is 12.2 Å². The summed E-state index contributed by atoms with van der Waals surface area (Å²) in [5.41, 5.74) is 1.55. The molecule has 0 saturated carbocycles. The summed E-state index contributed by atoms with van der Waals surface area (Å²) >= 11 is 0. The van der Waals surface area contributed by atoms with Crippen molar-refractivity contribution in [1.29, 1.82) is 0 Å². The highest BCUT2D eigenvalue weighted by atomic mass is 19.4. The van der Waals surface area contributed by atoms with Crippen molar-refractivity contribution in [1.82, 2.24) is 14.8 Å². The number of nitrogens with zero attached hydrogens (tertiary/aromatic N) is 3. The van der Waals surface area contributed by atoms with E-state index in [-0.39, 0.29) is 22.9 Å². The Kier molecular flexibility index (Phi) is 7.36. The van der Waals surface area contributed by atoms with Gasteiger partial charge >= 0.3 is 12.1 Å². The number of carboxylic acids is 1. The summed E-state index contributed by atoms with van der Waals surface area (Å²) < 4.78 is 40.8. The van der Waals surface area contributed by atoms with Crippen molar-refractivity contribution in [3.8, 4) is 11.4 Å².